The van der Waals surface area contributed by atoms with Crippen molar-refractivity contribution in [1.29, 1.82) is 0 Å². The SMILES string of the molecule is CC(=O)CCC1c2ccccc2SN1C. The number of nitrogens with zero attached hydrogens (tertiary/aromatic N) is 1. The molecule has 0 N–H and O–H groups in total. The van der Waals surface area contributed by atoms with Gasteiger partial charge in [-0.05, 0) is 44.0 Å². The number of hydrogen-bond acceptors (Lipinski definition) is 3. The highest BCUT2D eigenvalue weighted by Gasteiger charge is 2.27. The van der Waals surface area contributed by atoms with Gasteiger partial charge in [0, 0.05) is 17.4 Å². The average molecular weight is 221 g/mol. The molecule has 3 heteroatoms. The zero-order chi connectivity index (χ0) is 10.8. The second-order valence-electron chi connectivity index (χ2n) is 3.93. The van der Waals surface area contributed by atoms with E-state index < -0.39 is 0 Å². The molecule has 15 heavy (non-hydrogen) atoms. The topological polar surface area (TPSA) is 20.3 Å². The Morgan fingerprint density at radius 3 is 2.93 bits per heavy atom. The van der Waals surface area contributed by atoms with E-state index in [4.69, 9.17) is 0 Å². The van der Waals surface area contributed by atoms with Crippen LogP contribution in [-0.2, 0) is 4.79 Å². The predicted molar refractivity (Wildman–Crippen MR) is 62.7 cm³/mol. The van der Waals surface area contributed by atoms with Gasteiger partial charge in [0.25, 0.3) is 0 Å². The minimum atomic E-state index is 0.276. The normalized spacial score (nSPS) is 20.3. The van der Waals surface area contributed by atoms with Crippen molar-refractivity contribution in [2.75, 3.05) is 7.05 Å². The van der Waals surface area contributed by atoms with Gasteiger partial charge in [-0.1, -0.05) is 18.2 Å². The zero-order valence-electron chi connectivity index (χ0n) is 9.06. The Labute approximate surface area is 94.8 Å². The summed E-state index contributed by atoms with van der Waals surface area (Å²) in [5.74, 6) is 0.276. The standard InChI is InChI=1S/C12H15NOS/c1-9(14)7-8-11-10-5-3-4-6-12(10)15-13(11)2/h3-6,11H,7-8H2,1-2H3. The number of carbonyl (C=O) groups excluding carboxylic acids is 1. The molecule has 0 amide bonds. The molecule has 0 saturated carbocycles. The molecule has 0 aliphatic carbocycles. The molecular formula is C12H15NOS. The van der Waals surface area contributed by atoms with Gasteiger partial charge in [0.2, 0.25) is 0 Å². The van der Waals surface area contributed by atoms with Crippen molar-refractivity contribution < 1.29 is 4.79 Å². The summed E-state index contributed by atoms with van der Waals surface area (Å²) in [5, 5.41) is 0. The second kappa shape index (κ2) is 4.37. The van der Waals surface area contributed by atoms with Crippen LogP contribution < -0.4 is 0 Å². The number of benzene rings is 1. The fourth-order valence-electron chi connectivity index (χ4n) is 1.93. The lowest BCUT2D eigenvalue weighted by atomic mass is 10.0. The molecule has 2 nitrogen and oxygen atoms in total. The van der Waals surface area contributed by atoms with Crippen molar-refractivity contribution in [1.82, 2.24) is 4.31 Å². The lowest BCUT2D eigenvalue weighted by Crippen LogP contribution is -2.12. The number of hydrogen-bond donors (Lipinski definition) is 0. The average Bonchev–Trinajstić information content (AvgIpc) is 2.50. The molecule has 1 aromatic rings. The molecule has 0 spiro atoms. The minimum absolute atomic E-state index is 0.276. The largest absolute Gasteiger partial charge is 0.300 e. The van der Waals surface area contributed by atoms with Gasteiger partial charge in [-0.15, -0.1) is 0 Å². The molecule has 1 aromatic carbocycles. The van der Waals surface area contributed by atoms with Crippen molar-refractivity contribution in [3.8, 4) is 0 Å². The molecule has 1 heterocycles. The maximum absolute atomic E-state index is 11.0. The van der Waals surface area contributed by atoms with Crippen LogP contribution in [0, 0.1) is 0 Å². The molecule has 0 bridgehead atoms. The lowest BCUT2D eigenvalue weighted by Gasteiger charge is -2.17. The van der Waals surface area contributed by atoms with Gasteiger partial charge >= 0.3 is 0 Å². The van der Waals surface area contributed by atoms with Gasteiger partial charge in [0.15, 0.2) is 0 Å². The number of rotatable bonds is 3. The van der Waals surface area contributed by atoms with E-state index in [9.17, 15) is 4.79 Å². The van der Waals surface area contributed by atoms with E-state index in [2.05, 4.69) is 35.6 Å². The maximum Gasteiger partial charge on any atom is 0.129 e. The number of ketones is 1. The van der Waals surface area contributed by atoms with Crippen molar-refractivity contribution in [3.05, 3.63) is 29.8 Å². The Balaban J connectivity index is 2.15. The summed E-state index contributed by atoms with van der Waals surface area (Å²) in [6, 6.07) is 8.84. The summed E-state index contributed by atoms with van der Waals surface area (Å²) in [7, 11) is 2.09. The van der Waals surface area contributed by atoms with Crippen molar-refractivity contribution in [2.24, 2.45) is 0 Å². The van der Waals surface area contributed by atoms with E-state index in [1.54, 1.807) is 18.9 Å². The van der Waals surface area contributed by atoms with Crippen LogP contribution in [-0.4, -0.2) is 17.1 Å². The summed E-state index contributed by atoms with van der Waals surface area (Å²) in [4.78, 5) is 12.3. The molecule has 2 rings (SSSR count). The third-order valence-electron chi connectivity index (χ3n) is 2.73. The van der Waals surface area contributed by atoms with E-state index in [1.807, 2.05) is 0 Å². The quantitative estimate of drug-likeness (QED) is 0.732. The first-order chi connectivity index (χ1) is 7.18. The fourth-order valence-corrected chi connectivity index (χ4v) is 3.04. The molecule has 0 aromatic heterocycles. The summed E-state index contributed by atoms with van der Waals surface area (Å²) >= 11 is 1.77. The fraction of sp³-hybridized carbons (Fsp3) is 0.417. The Morgan fingerprint density at radius 1 is 1.47 bits per heavy atom. The zero-order valence-corrected chi connectivity index (χ0v) is 9.88. The number of Topliss-reactive ketones (excluding diaryl/α,β-unsaturated/α-hetero) is 1. The Bertz CT molecular complexity index is 378. The molecule has 1 unspecified atom stereocenters. The second-order valence-corrected chi connectivity index (χ2v) is 5.13. The maximum atomic E-state index is 11.0. The number of fused-ring (bicyclic) bond motifs is 1. The highest BCUT2D eigenvalue weighted by molar-refractivity contribution is 7.97. The van der Waals surface area contributed by atoms with Gasteiger partial charge in [-0.25, -0.2) is 4.31 Å². The Hall–Kier alpha value is -0.800. The highest BCUT2D eigenvalue weighted by Crippen LogP contribution is 2.44. The van der Waals surface area contributed by atoms with Crippen molar-refractivity contribution in [2.45, 2.75) is 30.7 Å². The van der Waals surface area contributed by atoms with Crippen LogP contribution in [0.1, 0.15) is 31.4 Å². The highest BCUT2D eigenvalue weighted by atomic mass is 32.2. The molecule has 1 atom stereocenters. The molecule has 0 saturated heterocycles. The molecule has 1 aliphatic rings. The molecular weight excluding hydrogens is 206 g/mol. The third-order valence-corrected chi connectivity index (χ3v) is 3.84. The smallest absolute Gasteiger partial charge is 0.129 e. The van der Waals surface area contributed by atoms with E-state index in [0.29, 0.717) is 12.5 Å². The van der Waals surface area contributed by atoms with Crippen LogP contribution in [0.15, 0.2) is 29.2 Å². The van der Waals surface area contributed by atoms with Gasteiger partial charge in [0.1, 0.15) is 5.78 Å². The first-order valence-corrected chi connectivity index (χ1v) is 5.95. The molecule has 0 fully saturated rings. The van der Waals surface area contributed by atoms with Crippen molar-refractivity contribution in [3.63, 3.8) is 0 Å². The third kappa shape index (κ3) is 2.24. The van der Waals surface area contributed by atoms with E-state index in [0.717, 1.165) is 6.42 Å². The summed E-state index contributed by atoms with van der Waals surface area (Å²) in [6.07, 6.45) is 1.60. The number of carbonyl (C=O) groups is 1. The van der Waals surface area contributed by atoms with Crippen LogP contribution in [0.3, 0.4) is 0 Å². The van der Waals surface area contributed by atoms with Crippen LogP contribution in [0.2, 0.25) is 0 Å². The first kappa shape index (κ1) is 10.7. The van der Waals surface area contributed by atoms with Gasteiger partial charge in [0.05, 0.1) is 0 Å². The molecule has 0 radical (unpaired) electrons. The summed E-state index contributed by atoms with van der Waals surface area (Å²) in [6.45, 7) is 1.66. The van der Waals surface area contributed by atoms with Crippen LogP contribution in [0.25, 0.3) is 0 Å². The lowest BCUT2D eigenvalue weighted by molar-refractivity contribution is -0.117. The van der Waals surface area contributed by atoms with Gasteiger partial charge in [-0.3, -0.25) is 0 Å². The first-order valence-electron chi connectivity index (χ1n) is 5.17. The van der Waals surface area contributed by atoms with Crippen LogP contribution in [0.5, 0.6) is 0 Å². The van der Waals surface area contributed by atoms with Gasteiger partial charge < -0.3 is 4.79 Å². The van der Waals surface area contributed by atoms with E-state index in [-0.39, 0.29) is 5.78 Å². The summed E-state index contributed by atoms with van der Waals surface area (Å²) < 4.78 is 2.24. The van der Waals surface area contributed by atoms with Crippen molar-refractivity contribution >= 4 is 17.7 Å². The van der Waals surface area contributed by atoms with E-state index >= 15 is 0 Å². The van der Waals surface area contributed by atoms with Gasteiger partial charge in [-0.2, -0.15) is 0 Å². The Morgan fingerprint density at radius 2 is 2.20 bits per heavy atom. The Kier molecular flexibility index (Phi) is 3.12. The summed E-state index contributed by atoms with van der Waals surface area (Å²) in [5.41, 5.74) is 1.37. The monoisotopic (exact) mass is 221 g/mol. The minimum Gasteiger partial charge on any atom is -0.300 e. The molecule has 1 aliphatic heterocycles. The van der Waals surface area contributed by atoms with Crippen LogP contribution in [0.4, 0.5) is 0 Å². The van der Waals surface area contributed by atoms with Crippen LogP contribution >= 0.6 is 11.9 Å². The predicted octanol–water partition coefficient (Wildman–Crippen LogP) is 3.05. The van der Waals surface area contributed by atoms with E-state index in [1.165, 1.54) is 10.5 Å². The molecule has 80 valence electrons.